The summed E-state index contributed by atoms with van der Waals surface area (Å²) in [5.74, 6) is -0.607. The average Bonchev–Trinajstić information content (AvgIpc) is 3.47. The Labute approximate surface area is 211 Å². The number of aromatic nitrogens is 2. The highest BCUT2D eigenvalue weighted by Gasteiger charge is 2.30. The van der Waals surface area contributed by atoms with Gasteiger partial charge in [0.1, 0.15) is 17.6 Å². The quantitative estimate of drug-likeness (QED) is 0.267. The first-order chi connectivity index (χ1) is 16.2. The number of halogens is 1. The summed E-state index contributed by atoms with van der Waals surface area (Å²) in [6, 6.07) is 12.0. The van der Waals surface area contributed by atoms with E-state index in [9.17, 15) is 13.2 Å². The van der Waals surface area contributed by atoms with Gasteiger partial charge in [0, 0.05) is 25.7 Å². The lowest BCUT2D eigenvalue weighted by Gasteiger charge is -2.16. The lowest BCUT2D eigenvalue weighted by Crippen LogP contribution is -2.27. The van der Waals surface area contributed by atoms with Gasteiger partial charge in [-0.05, 0) is 49.9 Å². The number of benzene rings is 2. The highest BCUT2D eigenvalue weighted by Crippen LogP contribution is 2.29. The van der Waals surface area contributed by atoms with E-state index in [0.717, 1.165) is 23.9 Å². The van der Waals surface area contributed by atoms with E-state index in [4.69, 9.17) is 15.9 Å². The normalized spacial score (nSPS) is 15.0. The number of amidine groups is 1. The molecule has 1 aliphatic rings. The molecule has 0 radical (unpaired) electrons. The molecule has 0 saturated carbocycles. The maximum Gasteiger partial charge on any atom is 0.316 e. The van der Waals surface area contributed by atoms with Crippen LogP contribution < -0.4 is 5.73 Å². The zero-order chi connectivity index (χ0) is 24.5. The Bertz CT molecular complexity index is 1330. The van der Waals surface area contributed by atoms with Gasteiger partial charge in [0.05, 0.1) is 22.5 Å². The molecule has 1 aliphatic heterocycles. The lowest BCUT2D eigenvalue weighted by molar-refractivity contribution is -0.145. The van der Waals surface area contributed by atoms with Gasteiger partial charge in [-0.2, -0.15) is 4.31 Å². The van der Waals surface area contributed by atoms with Crippen molar-refractivity contribution in [3.8, 4) is 0 Å². The van der Waals surface area contributed by atoms with Gasteiger partial charge in [-0.15, -0.1) is 12.4 Å². The Morgan fingerprint density at radius 3 is 2.43 bits per heavy atom. The number of imidazole rings is 1. The van der Waals surface area contributed by atoms with Crippen molar-refractivity contribution in [2.75, 3.05) is 19.7 Å². The van der Waals surface area contributed by atoms with E-state index < -0.39 is 21.9 Å². The number of nitrogens with zero attached hydrogens (tertiary/aromatic N) is 3. The average molecular weight is 520 g/mol. The molecule has 2 heterocycles. The summed E-state index contributed by atoms with van der Waals surface area (Å²) >= 11 is 0. The van der Waals surface area contributed by atoms with Crippen LogP contribution in [0.5, 0.6) is 0 Å². The van der Waals surface area contributed by atoms with Crippen molar-refractivity contribution in [3.63, 3.8) is 0 Å². The van der Waals surface area contributed by atoms with Gasteiger partial charge >= 0.3 is 5.97 Å². The molecule has 188 valence electrons. The first kappa shape index (κ1) is 26.7. The predicted octanol–water partition coefficient (Wildman–Crippen LogP) is 2.95. The van der Waals surface area contributed by atoms with Crippen molar-refractivity contribution >= 4 is 45.3 Å². The highest BCUT2D eigenvalue weighted by atomic mass is 35.5. The Balaban J connectivity index is 0.00000342. The molecule has 9 nitrogen and oxygen atoms in total. The smallest absolute Gasteiger partial charge is 0.316 e. The van der Waals surface area contributed by atoms with Crippen LogP contribution in [0, 0.1) is 5.41 Å². The Kier molecular flexibility index (Phi) is 8.19. The molecule has 2 aromatic carbocycles. The van der Waals surface area contributed by atoms with E-state index in [1.54, 1.807) is 37.3 Å². The second kappa shape index (κ2) is 10.8. The summed E-state index contributed by atoms with van der Waals surface area (Å²) in [7, 11) is -1.76. The van der Waals surface area contributed by atoms with Crippen LogP contribution in [0.15, 0.2) is 47.4 Å². The fourth-order valence-corrected chi connectivity index (χ4v) is 5.86. The maximum atomic E-state index is 13.0. The minimum Gasteiger partial charge on any atom is -0.465 e. The second-order valence-corrected chi connectivity index (χ2v) is 10.3. The largest absolute Gasteiger partial charge is 0.465 e. The molecule has 35 heavy (non-hydrogen) atoms. The molecule has 0 bridgehead atoms. The summed E-state index contributed by atoms with van der Waals surface area (Å²) < 4.78 is 34.7. The van der Waals surface area contributed by atoms with Crippen LogP contribution >= 0.6 is 12.4 Å². The van der Waals surface area contributed by atoms with Crippen LogP contribution in [0.3, 0.4) is 0 Å². The number of aryl methyl sites for hydroxylation is 1. The third-order valence-corrected chi connectivity index (χ3v) is 8.07. The van der Waals surface area contributed by atoms with Gasteiger partial charge in [0.25, 0.3) is 0 Å². The Morgan fingerprint density at radius 1 is 1.17 bits per heavy atom. The van der Waals surface area contributed by atoms with E-state index in [0.29, 0.717) is 36.4 Å². The third kappa shape index (κ3) is 5.34. The molecule has 1 atom stereocenters. The number of esters is 1. The maximum absolute atomic E-state index is 13.0. The van der Waals surface area contributed by atoms with Crippen LogP contribution in [-0.4, -0.2) is 53.8 Å². The van der Waals surface area contributed by atoms with Crippen molar-refractivity contribution in [3.05, 3.63) is 59.4 Å². The second-order valence-electron chi connectivity index (χ2n) is 8.41. The zero-order valence-electron chi connectivity index (χ0n) is 19.7. The molecule has 11 heteroatoms. The van der Waals surface area contributed by atoms with Gasteiger partial charge in [-0.3, -0.25) is 10.2 Å². The zero-order valence-corrected chi connectivity index (χ0v) is 21.4. The molecule has 0 aliphatic carbocycles. The molecule has 3 N–H and O–H groups in total. The van der Waals surface area contributed by atoms with Gasteiger partial charge in [-0.25, -0.2) is 13.4 Å². The monoisotopic (exact) mass is 519 g/mol. The summed E-state index contributed by atoms with van der Waals surface area (Å²) in [6.45, 7) is 3.05. The van der Waals surface area contributed by atoms with Crippen LogP contribution in [0.1, 0.15) is 42.6 Å². The summed E-state index contributed by atoms with van der Waals surface area (Å²) in [6.07, 6.45) is 2.07. The lowest BCUT2D eigenvalue weighted by atomic mass is 9.97. The van der Waals surface area contributed by atoms with Gasteiger partial charge in [0.2, 0.25) is 10.0 Å². The number of sulfonamides is 1. The topological polar surface area (TPSA) is 131 Å². The van der Waals surface area contributed by atoms with Crippen molar-refractivity contribution in [2.45, 2.75) is 37.0 Å². The standard InChI is InChI=1S/C24H29N5O4S.ClH/c1-3-33-24(30)19(14-16-6-8-17(9-7-16)22(25)26)23-27-20-15-18(10-11-21(20)28(23)2)34(31,32)29-12-4-5-13-29;/h6-11,15,19H,3-5,12-14H2,1-2H3,(H3,25,26);1H. The van der Waals surface area contributed by atoms with E-state index in [1.165, 1.54) is 4.31 Å². The van der Waals surface area contributed by atoms with Gasteiger partial charge in [0.15, 0.2) is 0 Å². The molecule has 1 fully saturated rings. The number of nitrogen functional groups attached to an aromatic ring is 1. The number of carbonyl (C=O) groups is 1. The molecular weight excluding hydrogens is 490 g/mol. The highest BCUT2D eigenvalue weighted by molar-refractivity contribution is 7.89. The molecule has 1 unspecified atom stereocenters. The van der Waals surface area contributed by atoms with E-state index in [2.05, 4.69) is 4.98 Å². The van der Waals surface area contributed by atoms with Crippen molar-refractivity contribution in [2.24, 2.45) is 12.8 Å². The number of fused-ring (bicyclic) bond motifs is 1. The van der Waals surface area contributed by atoms with Gasteiger partial charge < -0.3 is 15.0 Å². The number of hydrogen-bond acceptors (Lipinski definition) is 6. The number of nitrogens with two attached hydrogens (primary N) is 1. The Morgan fingerprint density at radius 2 is 1.83 bits per heavy atom. The van der Waals surface area contributed by atoms with Crippen LogP contribution in [-0.2, 0) is 33.0 Å². The van der Waals surface area contributed by atoms with E-state index in [1.807, 2.05) is 23.7 Å². The van der Waals surface area contributed by atoms with Crippen LogP contribution in [0.2, 0.25) is 0 Å². The molecule has 4 rings (SSSR count). The van der Waals surface area contributed by atoms with Gasteiger partial charge in [-0.1, -0.05) is 24.3 Å². The minimum absolute atomic E-state index is 0. The van der Waals surface area contributed by atoms with E-state index >= 15 is 0 Å². The third-order valence-electron chi connectivity index (χ3n) is 6.18. The van der Waals surface area contributed by atoms with Crippen molar-refractivity contribution in [1.82, 2.24) is 13.9 Å². The fraction of sp³-hybridized carbons (Fsp3) is 0.375. The summed E-state index contributed by atoms with van der Waals surface area (Å²) in [4.78, 5) is 17.8. The van der Waals surface area contributed by atoms with E-state index in [-0.39, 0.29) is 29.7 Å². The van der Waals surface area contributed by atoms with Crippen LogP contribution in [0.25, 0.3) is 11.0 Å². The summed E-state index contributed by atoms with van der Waals surface area (Å²) in [5, 5.41) is 7.56. The molecule has 0 spiro atoms. The van der Waals surface area contributed by atoms with Crippen molar-refractivity contribution < 1.29 is 17.9 Å². The van der Waals surface area contributed by atoms with Crippen LogP contribution in [0.4, 0.5) is 0 Å². The molecule has 1 saturated heterocycles. The first-order valence-corrected chi connectivity index (χ1v) is 12.7. The number of nitrogens with one attached hydrogen (secondary N) is 1. The van der Waals surface area contributed by atoms with Crippen molar-refractivity contribution in [1.29, 1.82) is 5.41 Å². The Hall–Kier alpha value is -2.95. The predicted molar refractivity (Wildman–Crippen MR) is 136 cm³/mol. The molecule has 0 amide bonds. The number of hydrogen-bond donors (Lipinski definition) is 2. The summed E-state index contributed by atoms with van der Waals surface area (Å²) in [5.41, 5.74) is 8.26. The molecule has 3 aromatic rings. The number of carbonyl (C=O) groups excluding carboxylic acids is 1. The molecule has 1 aromatic heterocycles. The fourth-order valence-electron chi connectivity index (χ4n) is 4.33. The minimum atomic E-state index is -3.57. The number of rotatable bonds is 8. The SMILES string of the molecule is CCOC(=O)C(Cc1ccc(C(=N)N)cc1)c1nc2cc(S(=O)(=O)N3CCCC3)ccc2n1C.Cl. The molecular formula is C24H30ClN5O4S. The first-order valence-electron chi connectivity index (χ1n) is 11.3. The number of ether oxygens (including phenoxy) is 1.